The van der Waals surface area contributed by atoms with Gasteiger partial charge in [-0.3, -0.25) is 4.79 Å². The van der Waals surface area contributed by atoms with Crippen LogP contribution in [0.2, 0.25) is 0 Å². The highest BCUT2D eigenvalue weighted by Crippen LogP contribution is 2.42. The van der Waals surface area contributed by atoms with Gasteiger partial charge in [-0.05, 0) is 43.7 Å². The molecule has 1 heterocycles. The van der Waals surface area contributed by atoms with Crippen molar-refractivity contribution in [3.63, 3.8) is 0 Å². The molecule has 2 aromatic carbocycles. The van der Waals surface area contributed by atoms with Gasteiger partial charge in [-0.1, -0.05) is 41.4 Å². The number of aryl methyl sites for hydroxylation is 1. The fourth-order valence-electron chi connectivity index (χ4n) is 2.84. The molecular weight excluding hydrogens is 357 g/mol. The summed E-state index contributed by atoms with van der Waals surface area (Å²) in [6.45, 7) is 3.43. The summed E-state index contributed by atoms with van der Waals surface area (Å²) in [5.74, 6) is -1.32. The molecule has 0 aromatic heterocycles. The van der Waals surface area contributed by atoms with Crippen LogP contribution in [0.15, 0.2) is 54.1 Å². The summed E-state index contributed by atoms with van der Waals surface area (Å²) < 4.78 is 18.4. The number of halogens is 2. The second-order valence-corrected chi connectivity index (χ2v) is 6.94. The average molecular weight is 374 g/mol. The first-order valence-corrected chi connectivity index (χ1v) is 8.42. The number of carbonyl (C=O) groups excluding carboxylic acids is 2. The van der Waals surface area contributed by atoms with Crippen molar-refractivity contribution in [3.05, 3.63) is 76.6 Å². The zero-order valence-electron chi connectivity index (χ0n) is 14.3. The lowest BCUT2D eigenvalue weighted by molar-refractivity contribution is -0.140. The van der Waals surface area contributed by atoms with Gasteiger partial charge in [0.25, 0.3) is 5.91 Å². The van der Waals surface area contributed by atoms with E-state index in [-0.39, 0.29) is 18.0 Å². The van der Waals surface area contributed by atoms with Crippen molar-refractivity contribution in [2.24, 2.45) is 0 Å². The Morgan fingerprint density at radius 2 is 1.77 bits per heavy atom. The van der Waals surface area contributed by atoms with E-state index >= 15 is 0 Å². The SMILES string of the molecule is Cc1ccc(C(=O)NCC2=C(c3ccc(F)cc3)C(C)(Cl)OC2=O)cc1. The van der Waals surface area contributed by atoms with Crippen molar-refractivity contribution >= 4 is 29.1 Å². The second kappa shape index (κ2) is 6.92. The van der Waals surface area contributed by atoms with Gasteiger partial charge in [0.1, 0.15) is 5.82 Å². The van der Waals surface area contributed by atoms with Gasteiger partial charge in [0.2, 0.25) is 5.06 Å². The number of hydrogen-bond acceptors (Lipinski definition) is 3. The van der Waals surface area contributed by atoms with Crippen LogP contribution in [0.5, 0.6) is 0 Å². The van der Waals surface area contributed by atoms with Crippen LogP contribution in [0.3, 0.4) is 0 Å². The number of ether oxygens (including phenoxy) is 1. The van der Waals surface area contributed by atoms with E-state index < -0.39 is 16.8 Å². The Kier molecular flexibility index (Phi) is 4.83. The molecule has 2 aromatic rings. The third kappa shape index (κ3) is 3.63. The van der Waals surface area contributed by atoms with Crippen LogP contribution in [-0.4, -0.2) is 23.5 Å². The maximum absolute atomic E-state index is 13.2. The molecule has 0 radical (unpaired) electrons. The van der Waals surface area contributed by atoms with Crippen LogP contribution in [0.4, 0.5) is 4.39 Å². The minimum Gasteiger partial charge on any atom is -0.436 e. The lowest BCUT2D eigenvalue weighted by Crippen LogP contribution is -2.27. The van der Waals surface area contributed by atoms with E-state index in [1.54, 1.807) is 19.1 Å². The molecule has 134 valence electrons. The van der Waals surface area contributed by atoms with Gasteiger partial charge in [-0.2, -0.15) is 0 Å². The fourth-order valence-corrected chi connectivity index (χ4v) is 3.14. The molecule has 0 spiro atoms. The number of alkyl halides is 1. The summed E-state index contributed by atoms with van der Waals surface area (Å²) in [6.07, 6.45) is 0. The maximum Gasteiger partial charge on any atom is 0.338 e. The number of nitrogens with one attached hydrogen (secondary N) is 1. The summed E-state index contributed by atoms with van der Waals surface area (Å²) >= 11 is 6.34. The molecule has 0 bridgehead atoms. The first-order chi connectivity index (χ1) is 12.3. The predicted octanol–water partition coefficient (Wildman–Crippen LogP) is 3.83. The Bertz CT molecular complexity index is 886. The highest BCUT2D eigenvalue weighted by molar-refractivity contribution is 6.32. The summed E-state index contributed by atoms with van der Waals surface area (Å²) in [6, 6.07) is 12.7. The van der Waals surface area contributed by atoms with E-state index in [2.05, 4.69) is 5.32 Å². The summed E-state index contributed by atoms with van der Waals surface area (Å²) in [5.41, 5.74) is 2.76. The smallest absolute Gasteiger partial charge is 0.338 e. The zero-order chi connectivity index (χ0) is 18.9. The largest absolute Gasteiger partial charge is 0.436 e. The Hall–Kier alpha value is -2.66. The zero-order valence-corrected chi connectivity index (χ0v) is 15.1. The number of cyclic esters (lactones) is 1. The summed E-state index contributed by atoms with van der Waals surface area (Å²) in [5, 5.41) is 1.33. The molecule has 26 heavy (non-hydrogen) atoms. The average Bonchev–Trinajstić information content (AvgIpc) is 2.82. The molecule has 1 N–H and O–H groups in total. The number of hydrogen-bond donors (Lipinski definition) is 1. The first kappa shape index (κ1) is 18.1. The van der Waals surface area contributed by atoms with Gasteiger partial charge in [0, 0.05) is 11.1 Å². The van der Waals surface area contributed by atoms with Crippen LogP contribution >= 0.6 is 11.6 Å². The molecule has 6 heteroatoms. The number of rotatable bonds is 4. The Balaban J connectivity index is 1.88. The van der Waals surface area contributed by atoms with Gasteiger partial charge in [-0.15, -0.1) is 0 Å². The van der Waals surface area contributed by atoms with Crippen molar-refractivity contribution in [1.82, 2.24) is 5.32 Å². The summed E-state index contributed by atoms with van der Waals surface area (Å²) in [4.78, 5) is 24.5. The molecule has 0 aliphatic carbocycles. The molecule has 1 unspecified atom stereocenters. The standard InChI is InChI=1S/C20H17ClFNO3/c1-12-3-5-14(6-4-12)18(24)23-11-16-17(20(2,21)26-19(16)25)13-7-9-15(22)10-8-13/h3-10H,11H2,1-2H3,(H,23,24). The minimum atomic E-state index is -1.38. The molecule has 1 amide bonds. The van der Waals surface area contributed by atoms with Gasteiger partial charge >= 0.3 is 5.97 Å². The molecule has 1 atom stereocenters. The molecule has 1 aliphatic heterocycles. The van der Waals surface area contributed by atoms with E-state index in [1.165, 1.54) is 24.3 Å². The van der Waals surface area contributed by atoms with Crippen molar-refractivity contribution in [2.45, 2.75) is 18.9 Å². The number of benzene rings is 2. The molecule has 4 nitrogen and oxygen atoms in total. The second-order valence-electron chi connectivity index (χ2n) is 6.22. The highest BCUT2D eigenvalue weighted by atomic mass is 35.5. The highest BCUT2D eigenvalue weighted by Gasteiger charge is 2.43. The summed E-state index contributed by atoms with van der Waals surface area (Å²) in [7, 11) is 0. The van der Waals surface area contributed by atoms with Gasteiger partial charge in [0.05, 0.1) is 12.1 Å². The molecule has 0 fully saturated rings. The third-order valence-electron chi connectivity index (χ3n) is 4.15. The number of carbonyl (C=O) groups is 2. The van der Waals surface area contributed by atoms with Crippen molar-refractivity contribution in [3.8, 4) is 0 Å². The quantitative estimate of drug-likeness (QED) is 0.654. The first-order valence-electron chi connectivity index (χ1n) is 8.04. The van der Waals surface area contributed by atoms with Gasteiger partial charge in [-0.25, -0.2) is 9.18 Å². The lowest BCUT2D eigenvalue weighted by atomic mass is 9.97. The van der Waals surface area contributed by atoms with Gasteiger partial charge < -0.3 is 10.1 Å². The van der Waals surface area contributed by atoms with Crippen LogP contribution in [0.25, 0.3) is 5.57 Å². The number of esters is 1. The Morgan fingerprint density at radius 3 is 2.38 bits per heavy atom. The van der Waals surface area contributed by atoms with Crippen molar-refractivity contribution < 1.29 is 18.7 Å². The van der Waals surface area contributed by atoms with Crippen LogP contribution in [0.1, 0.15) is 28.4 Å². The van der Waals surface area contributed by atoms with E-state index in [9.17, 15) is 14.0 Å². The molecule has 0 saturated carbocycles. The predicted molar refractivity (Wildman–Crippen MR) is 97.2 cm³/mol. The van der Waals surface area contributed by atoms with Crippen molar-refractivity contribution in [1.29, 1.82) is 0 Å². The Morgan fingerprint density at radius 1 is 1.15 bits per heavy atom. The van der Waals surface area contributed by atoms with E-state index in [0.717, 1.165) is 5.56 Å². The number of amides is 1. The normalized spacial score (nSPS) is 19.5. The van der Waals surface area contributed by atoms with E-state index in [0.29, 0.717) is 16.7 Å². The molecule has 3 rings (SSSR count). The van der Waals surface area contributed by atoms with E-state index in [4.69, 9.17) is 16.3 Å². The van der Waals surface area contributed by atoms with Crippen molar-refractivity contribution in [2.75, 3.05) is 6.54 Å². The van der Waals surface area contributed by atoms with Crippen LogP contribution in [-0.2, 0) is 9.53 Å². The molecule has 1 aliphatic rings. The van der Waals surface area contributed by atoms with Gasteiger partial charge in [0.15, 0.2) is 0 Å². The monoisotopic (exact) mass is 373 g/mol. The van der Waals surface area contributed by atoms with Crippen LogP contribution in [0, 0.1) is 12.7 Å². The maximum atomic E-state index is 13.2. The topological polar surface area (TPSA) is 55.4 Å². The minimum absolute atomic E-state index is 0.0411. The molecule has 0 saturated heterocycles. The fraction of sp³-hybridized carbons (Fsp3) is 0.200. The van der Waals surface area contributed by atoms with Crippen LogP contribution < -0.4 is 5.32 Å². The third-order valence-corrected chi connectivity index (χ3v) is 4.42. The lowest BCUT2D eigenvalue weighted by Gasteiger charge is -2.19. The van der Waals surface area contributed by atoms with E-state index in [1.807, 2.05) is 19.1 Å². The Labute approximate surface area is 155 Å². The molecular formula is C20H17ClFNO3.